The van der Waals surface area contributed by atoms with Crippen LogP contribution in [0.2, 0.25) is 0 Å². The number of benzene rings is 1. The minimum absolute atomic E-state index is 0.216. The number of carbonyl (C=O) groups is 2. The molecular formula is C16H18N2O4. The summed E-state index contributed by atoms with van der Waals surface area (Å²) in [5.41, 5.74) is 6.71. The SMILES string of the molecule is COCc1c(C(=O)N2CC[C@@H](C(N)=O)C2)oc2ccccc12. The van der Waals surface area contributed by atoms with E-state index in [1.807, 2.05) is 24.3 Å². The standard InChI is InChI=1S/C16H18N2O4/c1-21-9-12-11-4-2-3-5-13(11)22-14(12)16(20)18-7-6-10(8-18)15(17)19/h2-5,10H,6-9H2,1H3,(H2,17,19)/t10-/m1/s1. The highest BCUT2D eigenvalue weighted by molar-refractivity contribution is 5.99. The van der Waals surface area contributed by atoms with Crippen molar-refractivity contribution in [2.24, 2.45) is 11.7 Å². The Morgan fingerprint density at radius 2 is 2.18 bits per heavy atom. The number of ether oxygens (including phenoxy) is 1. The maximum absolute atomic E-state index is 12.7. The summed E-state index contributed by atoms with van der Waals surface area (Å²) in [5.74, 6) is -0.573. The molecule has 3 rings (SSSR count). The number of likely N-dealkylation sites (tertiary alicyclic amines) is 1. The van der Waals surface area contributed by atoms with Gasteiger partial charge >= 0.3 is 0 Å². The van der Waals surface area contributed by atoms with Gasteiger partial charge in [0.25, 0.3) is 5.91 Å². The average molecular weight is 302 g/mol. The molecule has 1 aliphatic rings. The second-order valence-corrected chi connectivity index (χ2v) is 5.48. The monoisotopic (exact) mass is 302 g/mol. The van der Waals surface area contributed by atoms with Gasteiger partial charge in [-0.1, -0.05) is 18.2 Å². The summed E-state index contributed by atoms with van der Waals surface area (Å²) in [4.78, 5) is 25.6. The molecule has 6 heteroatoms. The van der Waals surface area contributed by atoms with Gasteiger partial charge in [0.2, 0.25) is 5.91 Å². The number of para-hydroxylation sites is 1. The third-order valence-corrected chi connectivity index (χ3v) is 4.06. The number of methoxy groups -OCH3 is 1. The van der Waals surface area contributed by atoms with E-state index in [-0.39, 0.29) is 23.5 Å². The lowest BCUT2D eigenvalue weighted by molar-refractivity contribution is -0.121. The van der Waals surface area contributed by atoms with Gasteiger partial charge in [-0.25, -0.2) is 0 Å². The largest absolute Gasteiger partial charge is 0.451 e. The molecule has 116 valence electrons. The van der Waals surface area contributed by atoms with Crippen molar-refractivity contribution < 1.29 is 18.7 Å². The van der Waals surface area contributed by atoms with E-state index in [0.29, 0.717) is 31.7 Å². The van der Waals surface area contributed by atoms with Crippen LogP contribution in [0.3, 0.4) is 0 Å². The first-order chi connectivity index (χ1) is 10.6. The lowest BCUT2D eigenvalue weighted by Crippen LogP contribution is -2.32. The third-order valence-electron chi connectivity index (χ3n) is 4.06. The van der Waals surface area contributed by atoms with E-state index in [0.717, 1.165) is 10.9 Å². The fourth-order valence-corrected chi connectivity index (χ4v) is 2.88. The van der Waals surface area contributed by atoms with Crippen LogP contribution in [0.5, 0.6) is 0 Å². The zero-order valence-corrected chi connectivity index (χ0v) is 12.4. The second kappa shape index (κ2) is 5.81. The number of furan rings is 1. The molecule has 2 heterocycles. The van der Waals surface area contributed by atoms with Crippen LogP contribution in [0.1, 0.15) is 22.5 Å². The Labute approximate surface area is 127 Å². The van der Waals surface area contributed by atoms with Crippen molar-refractivity contribution in [3.63, 3.8) is 0 Å². The Bertz CT molecular complexity index is 722. The van der Waals surface area contributed by atoms with Crippen LogP contribution in [0.15, 0.2) is 28.7 Å². The molecular weight excluding hydrogens is 284 g/mol. The Morgan fingerprint density at radius 3 is 2.86 bits per heavy atom. The van der Waals surface area contributed by atoms with Crippen molar-refractivity contribution in [1.29, 1.82) is 0 Å². The summed E-state index contributed by atoms with van der Waals surface area (Å²) in [5, 5.41) is 0.873. The third kappa shape index (κ3) is 2.46. The molecule has 2 aromatic rings. The molecule has 6 nitrogen and oxygen atoms in total. The van der Waals surface area contributed by atoms with Gasteiger partial charge in [-0.15, -0.1) is 0 Å². The maximum Gasteiger partial charge on any atom is 0.290 e. The summed E-state index contributed by atoms with van der Waals surface area (Å²) in [6, 6.07) is 7.47. The van der Waals surface area contributed by atoms with Crippen molar-refractivity contribution in [3.8, 4) is 0 Å². The van der Waals surface area contributed by atoms with E-state index in [1.165, 1.54) is 0 Å². The highest BCUT2D eigenvalue weighted by Crippen LogP contribution is 2.29. The molecule has 1 saturated heterocycles. The smallest absolute Gasteiger partial charge is 0.290 e. The molecule has 1 aliphatic heterocycles. The zero-order chi connectivity index (χ0) is 15.7. The van der Waals surface area contributed by atoms with Gasteiger partial charge in [-0.3, -0.25) is 9.59 Å². The summed E-state index contributed by atoms with van der Waals surface area (Å²) < 4.78 is 10.9. The van der Waals surface area contributed by atoms with Crippen LogP contribution in [-0.2, 0) is 16.1 Å². The van der Waals surface area contributed by atoms with Crippen LogP contribution in [0, 0.1) is 5.92 Å². The van der Waals surface area contributed by atoms with Crippen LogP contribution in [0.25, 0.3) is 11.0 Å². The molecule has 0 spiro atoms. The molecule has 1 atom stereocenters. The molecule has 0 radical (unpaired) electrons. The number of fused-ring (bicyclic) bond motifs is 1. The fourth-order valence-electron chi connectivity index (χ4n) is 2.88. The lowest BCUT2D eigenvalue weighted by Gasteiger charge is -2.15. The van der Waals surface area contributed by atoms with Crippen molar-refractivity contribution in [3.05, 3.63) is 35.6 Å². The summed E-state index contributed by atoms with van der Waals surface area (Å²) in [7, 11) is 1.58. The molecule has 0 aliphatic carbocycles. The van der Waals surface area contributed by atoms with Gasteiger partial charge in [0, 0.05) is 31.1 Å². The topological polar surface area (TPSA) is 85.8 Å². The van der Waals surface area contributed by atoms with Crippen molar-refractivity contribution in [2.75, 3.05) is 20.2 Å². The fraction of sp³-hybridized carbons (Fsp3) is 0.375. The van der Waals surface area contributed by atoms with Crippen LogP contribution < -0.4 is 5.73 Å². The van der Waals surface area contributed by atoms with E-state index >= 15 is 0 Å². The Morgan fingerprint density at radius 1 is 1.41 bits per heavy atom. The number of hydrogen-bond acceptors (Lipinski definition) is 4. The van der Waals surface area contributed by atoms with Gasteiger partial charge in [-0.2, -0.15) is 0 Å². The number of primary amides is 1. The van der Waals surface area contributed by atoms with E-state index < -0.39 is 0 Å². The van der Waals surface area contributed by atoms with E-state index in [4.69, 9.17) is 14.9 Å². The molecule has 1 aromatic heterocycles. The molecule has 22 heavy (non-hydrogen) atoms. The normalized spacial score (nSPS) is 18.0. The first-order valence-corrected chi connectivity index (χ1v) is 7.19. The lowest BCUT2D eigenvalue weighted by atomic mass is 10.1. The second-order valence-electron chi connectivity index (χ2n) is 5.48. The highest BCUT2D eigenvalue weighted by Gasteiger charge is 2.33. The number of carbonyl (C=O) groups excluding carboxylic acids is 2. The Hall–Kier alpha value is -2.34. The van der Waals surface area contributed by atoms with Gasteiger partial charge in [0.05, 0.1) is 12.5 Å². The number of nitrogens with two attached hydrogens (primary N) is 1. The molecule has 0 saturated carbocycles. The molecule has 2 amide bonds. The quantitative estimate of drug-likeness (QED) is 0.928. The van der Waals surface area contributed by atoms with Crippen molar-refractivity contribution >= 4 is 22.8 Å². The number of nitrogens with zero attached hydrogens (tertiary/aromatic N) is 1. The first kappa shape index (κ1) is 14.6. The van der Waals surface area contributed by atoms with Crippen LogP contribution >= 0.6 is 0 Å². The highest BCUT2D eigenvalue weighted by atomic mass is 16.5. The zero-order valence-electron chi connectivity index (χ0n) is 12.4. The van der Waals surface area contributed by atoms with Crippen molar-refractivity contribution in [1.82, 2.24) is 4.90 Å². The molecule has 2 N–H and O–H groups in total. The number of hydrogen-bond donors (Lipinski definition) is 1. The number of rotatable bonds is 4. The van der Waals surface area contributed by atoms with Gasteiger partial charge < -0.3 is 19.8 Å². The first-order valence-electron chi connectivity index (χ1n) is 7.19. The van der Waals surface area contributed by atoms with Gasteiger partial charge in [-0.05, 0) is 12.5 Å². The summed E-state index contributed by atoms with van der Waals surface area (Å²) in [6.45, 7) is 1.15. The maximum atomic E-state index is 12.7. The predicted molar refractivity (Wildman–Crippen MR) is 80.1 cm³/mol. The molecule has 1 fully saturated rings. The molecule has 0 unspecified atom stereocenters. The minimum Gasteiger partial charge on any atom is -0.451 e. The minimum atomic E-state index is -0.364. The average Bonchev–Trinajstić information content (AvgIpc) is 3.12. The van der Waals surface area contributed by atoms with Crippen molar-refractivity contribution in [2.45, 2.75) is 13.0 Å². The van der Waals surface area contributed by atoms with Gasteiger partial charge in [0.15, 0.2) is 5.76 Å². The summed E-state index contributed by atoms with van der Waals surface area (Å²) in [6.07, 6.45) is 0.598. The summed E-state index contributed by atoms with van der Waals surface area (Å²) >= 11 is 0. The molecule has 1 aromatic carbocycles. The van der Waals surface area contributed by atoms with Crippen LogP contribution in [-0.4, -0.2) is 36.9 Å². The molecule has 0 bridgehead atoms. The van der Waals surface area contributed by atoms with E-state index in [1.54, 1.807) is 12.0 Å². The van der Waals surface area contributed by atoms with E-state index in [2.05, 4.69) is 0 Å². The van der Waals surface area contributed by atoms with Gasteiger partial charge in [0.1, 0.15) is 5.58 Å². The van der Waals surface area contributed by atoms with E-state index in [9.17, 15) is 9.59 Å². The number of amides is 2. The Balaban J connectivity index is 1.94. The van der Waals surface area contributed by atoms with Crippen LogP contribution in [0.4, 0.5) is 0 Å². The predicted octanol–water partition coefficient (Wildman–Crippen LogP) is 1.53. The Kier molecular flexibility index (Phi) is 3.85.